The van der Waals surface area contributed by atoms with Gasteiger partial charge in [0.05, 0.1) is 18.8 Å². The van der Waals surface area contributed by atoms with Crippen LogP contribution in [0.15, 0.2) is 18.2 Å². The van der Waals surface area contributed by atoms with E-state index in [1.807, 2.05) is 26.2 Å². The monoisotopic (exact) mass is 466 g/mol. The summed E-state index contributed by atoms with van der Waals surface area (Å²) in [7, 11) is 1.86. The molecule has 1 aromatic carbocycles. The summed E-state index contributed by atoms with van der Waals surface area (Å²) in [6, 6.07) is 6.17. The molecule has 0 unspecified atom stereocenters. The third-order valence-electron chi connectivity index (χ3n) is 11.4. The fourth-order valence-electron chi connectivity index (χ4n) is 9.73. The van der Waals surface area contributed by atoms with E-state index in [1.165, 1.54) is 31.2 Å². The van der Waals surface area contributed by atoms with Gasteiger partial charge in [-0.1, -0.05) is 19.1 Å². The van der Waals surface area contributed by atoms with Crippen molar-refractivity contribution in [1.82, 2.24) is 0 Å². The molecule has 0 spiro atoms. The van der Waals surface area contributed by atoms with Gasteiger partial charge < -0.3 is 14.6 Å². The number of carbonyl (C=O) groups excluding carboxylic acids is 1. The molecule has 1 aromatic rings. The van der Waals surface area contributed by atoms with Gasteiger partial charge in [0, 0.05) is 25.0 Å². The Bertz CT molecular complexity index is 969. The number of rotatable bonds is 4. The zero-order valence-corrected chi connectivity index (χ0v) is 21.3. The molecular weight excluding hydrogens is 424 g/mol. The van der Waals surface area contributed by atoms with Crippen LogP contribution in [-0.4, -0.2) is 36.8 Å². The number of hydrogen-bond acceptors (Lipinski definition) is 4. The van der Waals surface area contributed by atoms with Crippen molar-refractivity contribution in [3.63, 3.8) is 0 Å². The van der Waals surface area contributed by atoms with E-state index in [9.17, 15) is 9.90 Å². The van der Waals surface area contributed by atoms with Crippen molar-refractivity contribution < 1.29 is 19.4 Å². The Kier molecular flexibility index (Phi) is 5.46. The molecule has 4 fully saturated rings. The Morgan fingerprint density at radius 2 is 1.94 bits per heavy atom. The first-order chi connectivity index (χ1) is 16.3. The summed E-state index contributed by atoms with van der Waals surface area (Å²) < 4.78 is 11.7. The second-order valence-corrected chi connectivity index (χ2v) is 13.0. The van der Waals surface area contributed by atoms with E-state index < -0.39 is 5.60 Å². The predicted molar refractivity (Wildman–Crippen MR) is 132 cm³/mol. The SMILES string of the molecule is COC[C@]12CC[C@@](C)(O)C[C@@H]1CC[C@H]1[C@@H]3CC[C@H](C(=O)c4ccc5c(c4)OCC5)[C@@]3(C)CC[C@@H]12. The minimum absolute atomic E-state index is 0.0966. The van der Waals surface area contributed by atoms with E-state index in [1.54, 1.807) is 0 Å². The second-order valence-electron chi connectivity index (χ2n) is 13.0. The number of carbonyl (C=O) groups is 1. The Hall–Kier alpha value is -1.39. The summed E-state index contributed by atoms with van der Waals surface area (Å²) in [5, 5.41) is 10.9. The van der Waals surface area contributed by atoms with Crippen molar-refractivity contribution in [1.29, 1.82) is 0 Å². The lowest BCUT2D eigenvalue weighted by Crippen LogP contribution is -2.58. The highest BCUT2D eigenvalue weighted by Crippen LogP contribution is 2.68. The van der Waals surface area contributed by atoms with Crippen LogP contribution in [0.2, 0.25) is 0 Å². The summed E-state index contributed by atoms with van der Waals surface area (Å²) in [6.07, 6.45) is 10.9. The highest BCUT2D eigenvalue weighted by Gasteiger charge is 2.63. The Morgan fingerprint density at radius 1 is 1.09 bits per heavy atom. The standard InChI is InChI=1S/C30H42O4/c1-28(32)13-14-30(18-33-3)21(17-28)6-7-22-23-8-9-25(29(23,2)12-10-24(22)30)27(31)20-5-4-19-11-15-34-26(19)16-20/h4-5,16,21-25,32H,6-15,17-18H2,1-3H3/t21-,22-,23-,24-,25+,28+,29-,30+/m0/s1. The van der Waals surface area contributed by atoms with Crippen LogP contribution in [0, 0.1) is 40.4 Å². The number of fused-ring (bicyclic) bond motifs is 6. The maximum atomic E-state index is 13.8. The van der Waals surface area contributed by atoms with Crippen molar-refractivity contribution in [3.8, 4) is 5.75 Å². The molecule has 0 saturated heterocycles. The van der Waals surface area contributed by atoms with Gasteiger partial charge in [-0.3, -0.25) is 4.79 Å². The summed E-state index contributed by atoms with van der Waals surface area (Å²) in [6.45, 7) is 6.04. The largest absolute Gasteiger partial charge is 0.493 e. The van der Waals surface area contributed by atoms with Gasteiger partial charge in [0.15, 0.2) is 5.78 Å². The number of methoxy groups -OCH3 is 1. The molecule has 0 amide bonds. The summed E-state index contributed by atoms with van der Waals surface area (Å²) in [4.78, 5) is 13.8. The molecule has 1 heterocycles. The molecule has 0 radical (unpaired) electrons. The lowest BCUT2D eigenvalue weighted by molar-refractivity contribution is -0.173. The summed E-state index contributed by atoms with van der Waals surface area (Å²) >= 11 is 0. The average Bonchev–Trinajstić information content (AvgIpc) is 3.42. The first-order valence-electron chi connectivity index (χ1n) is 13.8. The van der Waals surface area contributed by atoms with Crippen LogP contribution < -0.4 is 4.74 Å². The fourth-order valence-corrected chi connectivity index (χ4v) is 9.73. The molecule has 0 aromatic heterocycles. The highest BCUT2D eigenvalue weighted by atomic mass is 16.5. The van der Waals surface area contributed by atoms with Crippen molar-refractivity contribution >= 4 is 5.78 Å². The van der Waals surface area contributed by atoms with Crippen LogP contribution in [0.25, 0.3) is 0 Å². The van der Waals surface area contributed by atoms with Gasteiger partial charge in [0.1, 0.15) is 5.75 Å². The van der Waals surface area contributed by atoms with Gasteiger partial charge >= 0.3 is 0 Å². The summed E-state index contributed by atoms with van der Waals surface area (Å²) in [5.41, 5.74) is 1.87. The zero-order chi connectivity index (χ0) is 23.7. The van der Waals surface area contributed by atoms with Gasteiger partial charge in [0.25, 0.3) is 0 Å². The van der Waals surface area contributed by atoms with Crippen LogP contribution in [0.4, 0.5) is 0 Å². The van der Waals surface area contributed by atoms with Gasteiger partial charge in [0.2, 0.25) is 0 Å². The predicted octanol–water partition coefficient (Wildman–Crippen LogP) is 5.84. The molecule has 8 atom stereocenters. The third-order valence-corrected chi connectivity index (χ3v) is 11.4. The van der Waals surface area contributed by atoms with E-state index in [2.05, 4.69) is 13.0 Å². The quantitative estimate of drug-likeness (QED) is 0.566. The molecule has 4 heteroatoms. The van der Waals surface area contributed by atoms with Crippen LogP contribution in [0.3, 0.4) is 0 Å². The van der Waals surface area contributed by atoms with E-state index in [0.717, 1.165) is 63.1 Å². The molecule has 0 bridgehead atoms. The van der Waals surface area contributed by atoms with Crippen LogP contribution in [0.5, 0.6) is 5.75 Å². The molecule has 1 aliphatic heterocycles. The van der Waals surface area contributed by atoms with Crippen molar-refractivity contribution in [2.75, 3.05) is 20.3 Å². The zero-order valence-electron chi connectivity index (χ0n) is 21.3. The molecule has 34 heavy (non-hydrogen) atoms. The highest BCUT2D eigenvalue weighted by molar-refractivity contribution is 5.99. The van der Waals surface area contributed by atoms with Gasteiger partial charge in [-0.05, 0) is 111 Å². The fraction of sp³-hybridized carbons (Fsp3) is 0.767. The maximum absolute atomic E-state index is 13.8. The maximum Gasteiger partial charge on any atom is 0.166 e. The molecule has 4 saturated carbocycles. The number of hydrogen-bond donors (Lipinski definition) is 1. The Labute approximate surface area is 204 Å². The number of Topliss-reactive ketones (excluding diaryl/α,β-unsaturated/α-hetero) is 1. The minimum Gasteiger partial charge on any atom is -0.493 e. The first kappa shape index (κ1) is 23.0. The molecule has 186 valence electrons. The normalized spacial score (nSPS) is 45.0. The molecular formula is C30H42O4. The van der Waals surface area contributed by atoms with Crippen molar-refractivity contribution in [2.24, 2.45) is 40.4 Å². The molecule has 4 aliphatic carbocycles. The smallest absolute Gasteiger partial charge is 0.166 e. The van der Waals surface area contributed by atoms with Crippen LogP contribution >= 0.6 is 0 Å². The van der Waals surface area contributed by atoms with E-state index >= 15 is 0 Å². The van der Waals surface area contributed by atoms with E-state index in [0.29, 0.717) is 29.5 Å². The number of benzene rings is 1. The molecule has 6 rings (SSSR count). The lowest BCUT2D eigenvalue weighted by atomic mass is 9.43. The number of ketones is 1. The topological polar surface area (TPSA) is 55.8 Å². The Balaban J connectivity index is 1.27. The Morgan fingerprint density at radius 3 is 2.76 bits per heavy atom. The molecule has 4 nitrogen and oxygen atoms in total. The van der Waals surface area contributed by atoms with Crippen LogP contribution in [0.1, 0.15) is 87.6 Å². The van der Waals surface area contributed by atoms with Crippen molar-refractivity contribution in [3.05, 3.63) is 29.3 Å². The van der Waals surface area contributed by atoms with E-state index in [4.69, 9.17) is 9.47 Å². The first-order valence-corrected chi connectivity index (χ1v) is 13.8. The third kappa shape index (κ3) is 3.34. The minimum atomic E-state index is -0.525. The van der Waals surface area contributed by atoms with Gasteiger partial charge in [-0.25, -0.2) is 0 Å². The molecule has 1 N–H and O–H groups in total. The second kappa shape index (κ2) is 8.06. The lowest BCUT2D eigenvalue weighted by Gasteiger charge is -2.62. The number of ether oxygens (including phenoxy) is 2. The van der Waals surface area contributed by atoms with Crippen LogP contribution in [-0.2, 0) is 11.2 Å². The van der Waals surface area contributed by atoms with E-state index in [-0.39, 0.29) is 16.7 Å². The van der Waals surface area contributed by atoms with Crippen molar-refractivity contribution in [2.45, 2.75) is 83.7 Å². The van der Waals surface area contributed by atoms with Gasteiger partial charge in [-0.15, -0.1) is 0 Å². The average molecular weight is 467 g/mol. The number of aliphatic hydroxyl groups is 1. The summed E-state index contributed by atoms with van der Waals surface area (Å²) in [5.74, 6) is 3.94. The molecule has 5 aliphatic rings. The van der Waals surface area contributed by atoms with Gasteiger partial charge in [-0.2, -0.15) is 0 Å².